The fraction of sp³-hybridized carbons (Fsp3) is 0.136. The number of hydrazone groups is 1. The van der Waals surface area contributed by atoms with E-state index >= 15 is 0 Å². The lowest BCUT2D eigenvalue weighted by Crippen LogP contribution is -2.37. The molecule has 0 aliphatic carbocycles. The second-order valence-corrected chi connectivity index (χ2v) is 6.53. The normalized spacial score (nSPS) is 13.1. The van der Waals surface area contributed by atoms with Crippen molar-refractivity contribution in [1.29, 1.82) is 0 Å². The fourth-order valence-corrected chi connectivity index (χ4v) is 3.36. The van der Waals surface area contributed by atoms with Crippen molar-refractivity contribution in [3.05, 3.63) is 71.8 Å². The lowest BCUT2D eigenvalue weighted by Gasteiger charge is -2.16. The third-order valence-corrected chi connectivity index (χ3v) is 4.81. The number of nitrogens with one attached hydrogen (secondary N) is 1. The van der Waals surface area contributed by atoms with Crippen molar-refractivity contribution >= 4 is 34.0 Å². The first-order valence-corrected chi connectivity index (χ1v) is 8.89. The number of hydrogen-bond donors (Lipinski definition) is 1. The van der Waals surface area contributed by atoms with Gasteiger partial charge in [-0.05, 0) is 54.3 Å². The maximum Gasteiger partial charge on any atom is 0.260 e. The smallest absolute Gasteiger partial charge is 0.260 e. The molecule has 3 aromatic rings. The summed E-state index contributed by atoms with van der Waals surface area (Å²) in [6.07, 6.45) is 0. The van der Waals surface area contributed by atoms with Crippen LogP contribution in [0, 0.1) is 0 Å². The molecule has 0 aromatic heterocycles. The molecule has 6 heteroatoms. The Kier molecular flexibility index (Phi) is 4.53. The Morgan fingerprint density at radius 2 is 1.79 bits per heavy atom. The number of ether oxygens (including phenoxy) is 1. The second kappa shape index (κ2) is 7.15. The van der Waals surface area contributed by atoms with Crippen molar-refractivity contribution in [3.8, 4) is 5.75 Å². The Morgan fingerprint density at radius 3 is 2.50 bits per heavy atom. The Bertz CT molecular complexity index is 1100. The van der Waals surface area contributed by atoms with Crippen LogP contribution in [0.4, 0.5) is 5.69 Å². The zero-order valence-corrected chi connectivity index (χ0v) is 15.6. The molecule has 140 valence electrons. The summed E-state index contributed by atoms with van der Waals surface area (Å²) in [6, 6.07) is 18.7. The molecule has 3 aromatic carbocycles. The Balaban J connectivity index is 1.48. The number of anilines is 1. The molecule has 1 aliphatic rings. The SMILES string of the molecule is COc1ccc(/C(C)=N/NC(=O)CN2C(=O)c3cccc4cccc2c34)cc1. The molecule has 0 fully saturated rings. The van der Waals surface area contributed by atoms with Gasteiger partial charge in [-0.3, -0.25) is 14.5 Å². The molecule has 0 unspecified atom stereocenters. The molecule has 1 heterocycles. The van der Waals surface area contributed by atoms with Crippen LogP contribution in [0.15, 0.2) is 65.8 Å². The van der Waals surface area contributed by atoms with Gasteiger partial charge in [0.25, 0.3) is 11.8 Å². The van der Waals surface area contributed by atoms with E-state index in [4.69, 9.17) is 4.74 Å². The zero-order valence-electron chi connectivity index (χ0n) is 15.6. The van der Waals surface area contributed by atoms with E-state index in [9.17, 15) is 9.59 Å². The summed E-state index contributed by atoms with van der Waals surface area (Å²) in [5, 5.41) is 6.03. The van der Waals surface area contributed by atoms with Crippen molar-refractivity contribution in [2.45, 2.75) is 6.92 Å². The lowest BCUT2D eigenvalue weighted by atomic mass is 10.1. The van der Waals surface area contributed by atoms with E-state index in [1.54, 1.807) is 20.1 Å². The highest BCUT2D eigenvalue weighted by Gasteiger charge is 2.30. The zero-order chi connectivity index (χ0) is 19.7. The highest BCUT2D eigenvalue weighted by molar-refractivity contribution is 6.26. The summed E-state index contributed by atoms with van der Waals surface area (Å²) < 4.78 is 5.13. The van der Waals surface area contributed by atoms with Gasteiger partial charge in [-0.2, -0.15) is 5.10 Å². The van der Waals surface area contributed by atoms with Crippen LogP contribution in [0.25, 0.3) is 10.8 Å². The van der Waals surface area contributed by atoms with E-state index in [0.717, 1.165) is 27.8 Å². The summed E-state index contributed by atoms with van der Waals surface area (Å²) in [5.74, 6) is 0.228. The average Bonchev–Trinajstić information content (AvgIpc) is 3.00. The third kappa shape index (κ3) is 3.09. The van der Waals surface area contributed by atoms with E-state index in [-0.39, 0.29) is 18.4 Å². The van der Waals surface area contributed by atoms with Crippen molar-refractivity contribution in [2.24, 2.45) is 5.10 Å². The number of benzene rings is 3. The number of rotatable bonds is 5. The van der Waals surface area contributed by atoms with Crippen LogP contribution < -0.4 is 15.1 Å². The molecule has 0 radical (unpaired) electrons. The van der Waals surface area contributed by atoms with E-state index < -0.39 is 0 Å². The molecular weight excluding hydrogens is 354 g/mol. The summed E-state index contributed by atoms with van der Waals surface area (Å²) in [4.78, 5) is 26.6. The highest BCUT2D eigenvalue weighted by Crippen LogP contribution is 2.36. The monoisotopic (exact) mass is 373 g/mol. The molecule has 0 saturated carbocycles. The summed E-state index contributed by atoms with van der Waals surface area (Å²) in [7, 11) is 1.61. The summed E-state index contributed by atoms with van der Waals surface area (Å²) in [6.45, 7) is 1.71. The Morgan fingerprint density at radius 1 is 1.07 bits per heavy atom. The topological polar surface area (TPSA) is 71.0 Å². The highest BCUT2D eigenvalue weighted by atomic mass is 16.5. The molecule has 2 amide bonds. The molecule has 0 spiro atoms. The molecule has 0 bridgehead atoms. The van der Waals surface area contributed by atoms with Gasteiger partial charge in [0, 0.05) is 10.9 Å². The number of carbonyl (C=O) groups is 2. The molecule has 0 saturated heterocycles. The number of amides is 2. The number of carbonyl (C=O) groups excluding carboxylic acids is 2. The van der Waals surface area contributed by atoms with E-state index in [0.29, 0.717) is 11.3 Å². The van der Waals surface area contributed by atoms with Gasteiger partial charge < -0.3 is 4.74 Å². The Hall–Kier alpha value is -3.67. The first-order chi connectivity index (χ1) is 13.6. The third-order valence-electron chi connectivity index (χ3n) is 4.81. The minimum atomic E-state index is -0.356. The van der Waals surface area contributed by atoms with Crippen LogP contribution in [-0.4, -0.2) is 31.2 Å². The largest absolute Gasteiger partial charge is 0.497 e. The van der Waals surface area contributed by atoms with Gasteiger partial charge in [0.15, 0.2) is 0 Å². The van der Waals surface area contributed by atoms with Gasteiger partial charge in [0.05, 0.1) is 18.5 Å². The van der Waals surface area contributed by atoms with Crippen LogP contribution in [0.1, 0.15) is 22.8 Å². The molecule has 4 rings (SSSR count). The van der Waals surface area contributed by atoms with E-state index in [1.807, 2.05) is 54.6 Å². The van der Waals surface area contributed by atoms with Gasteiger partial charge in [-0.25, -0.2) is 5.43 Å². The standard InChI is InChI=1S/C22H19N3O3/c1-14(15-9-11-17(28-2)12-10-15)23-24-20(26)13-25-19-8-4-6-16-5-3-7-18(21(16)19)22(25)27/h3-12H,13H2,1-2H3,(H,24,26)/b23-14+. The molecular formula is C22H19N3O3. The molecule has 28 heavy (non-hydrogen) atoms. The van der Waals surface area contributed by atoms with Gasteiger partial charge >= 0.3 is 0 Å². The number of nitrogens with zero attached hydrogens (tertiary/aromatic N) is 2. The molecule has 1 N–H and O–H groups in total. The molecule has 1 aliphatic heterocycles. The Labute approximate surface area is 162 Å². The molecule has 0 atom stereocenters. The first-order valence-electron chi connectivity index (χ1n) is 8.89. The average molecular weight is 373 g/mol. The summed E-state index contributed by atoms with van der Waals surface area (Å²) >= 11 is 0. The second-order valence-electron chi connectivity index (χ2n) is 6.53. The van der Waals surface area contributed by atoms with E-state index in [1.165, 1.54) is 4.90 Å². The van der Waals surface area contributed by atoms with E-state index in [2.05, 4.69) is 10.5 Å². The predicted molar refractivity (Wildman–Crippen MR) is 109 cm³/mol. The van der Waals surface area contributed by atoms with Gasteiger partial charge in [-0.1, -0.05) is 24.3 Å². The van der Waals surface area contributed by atoms with Crippen LogP contribution in [0.5, 0.6) is 5.75 Å². The maximum atomic E-state index is 12.7. The van der Waals surface area contributed by atoms with Gasteiger partial charge in [-0.15, -0.1) is 0 Å². The van der Waals surface area contributed by atoms with Crippen LogP contribution in [-0.2, 0) is 4.79 Å². The quantitative estimate of drug-likeness (QED) is 0.551. The van der Waals surface area contributed by atoms with Crippen LogP contribution in [0.2, 0.25) is 0 Å². The molecule has 6 nitrogen and oxygen atoms in total. The predicted octanol–water partition coefficient (Wildman–Crippen LogP) is 3.35. The summed E-state index contributed by atoms with van der Waals surface area (Å²) in [5.41, 5.74) is 5.45. The van der Waals surface area contributed by atoms with Crippen molar-refractivity contribution in [2.75, 3.05) is 18.6 Å². The number of hydrogen-bond acceptors (Lipinski definition) is 4. The van der Waals surface area contributed by atoms with Gasteiger partial charge in [0.1, 0.15) is 12.3 Å². The lowest BCUT2D eigenvalue weighted by molar-refractivity contribution is -0.119. The van der Waals surface area contributed by atoms with Crippen molar-refractivity contribution in [3.63, 3.8) is 0 Å². The maximum absolute atomic E-state index is 12.7. The van der Waals surface area contributed by atoms with Gasteiger partial charge in [0.2, 0.25) is 0 Å². The first kappa shape index (κ1) is 17.7. The van der Waals surface area contributed by atoms with Crippen LogP contribution >= 0.6 is 0 Å². The number of methoxy groups -OCH3 is 1. The minimum Gasteiger partial charge on any atom is -0.497 e. The fourth-order valence-electron chi connectivity index (χ4n) is 3.36. The van der Waals surface area contributed by atoms with Crippen molar-refractivity contribution in [1.82, 2.24) is 5.43 Å². The van der Waals surface area contributed by atoms with Crippen LogP contribution in [0.3, 0.4) is 0 Å². The van der Waals surface area contributed by atoms with Crippen molar-refractivity contribution < 1.29 is 14.3 Å². The minimum absolute atomic E-state index is 0.0913.